The summed E-state index contributed by atoms with van der Waals surface area (Å²) >= 11 is 1.63. The Balaban J connectivity index is 1.64. The summed E-state index contributed by atoms with van der Waals surface area (Å²) in [6.07, 6.45) is -0.508. The van der Waals surface area contributed by atoms with Gasteiger partial charge >= 0.3 is 5.97 Å². The van der Waals surface area contributed by atoms with Gasteiger partial charge in [0.05, 0.1) is 0 Å². The van der Waals surface area contributed by atoms with E-state index in [9.17, 15) is 9.59 Å². The van der Waals surface area contributed by atoms with Gasteiger partial charge in [0.1, 0.15) is 11.4 Å². The van der Waals surface area contributed by atoms with Gasteiger partial charge < -0.3 is 15.4 Å². The number of hydrogen-bond acceptors (Lipinski definition) is 4. The number of rotatable bonds is 4. The highest BCUT2D eigenvalue weighted by atomic mass is 32.2. The Morgan fingerprint density at radius 2 is 1.59 bits per heavy atom. The van der Waals surface area contributed by atoms with Crippen molar-refractivity contribution in [2.45, 2.75) is 42.2 Å². The lowest BCUT2D eigenvalue weighted by Gasteiger charge is -2.39. The molecule has 2 aliphatic heterocycles. The molecular weight excluding hydrogens is 360 g/mol. The molecule has 1 amide bonds. The molecule has 2 fully saturated rings. The highest BCUT2D eigenvalue weighted by Crippen LogP contribution is 2.50. The van der Waals surface area contributed by atoms with Crippen LogP contribution in [0.5, 0.6) is 0 Å². The van der Waals surface area contributed by atoms with Crippen LogP contribution < -0.4 is 5.73 Å². The van der Waals surface area contributed by atoms with Crippen LogP contribution in [0.3, 0.4) is 0 Å². The van der Waals surface area contributed by atoms with Crippen molar-refractivity contribution in [3.05, 3.63) is 71.8 Å². The molecule has 0 aromatic heterocycles. The van der Waals surface area contributed by atoms with Crippen LogP contribution in [0.4, 0.5) is 0 Å². The molecule has 0 saturated carbocycles. The van der Waals surface area contributed by atoms with E-state index >= 15 is 0 Å². The molecule has 2 aromatic rings. The third-order valence-electron chi connectivity index (χ3n) is 5.21. The van der Waals surface area contributed by atoms with E-state index in [1.54, 1.807) is 16.7 Å². The first-order valence-electron chi connectivity index (χ1n) is 9.03. The summed E-state index contributed by atoms with van der Waals surface area (Å²) in [5.41, 5.74) is 5.73. The molecule has 27 heavy (non-hydrogen) atoms. The van der Waals surface area contributed by atoms with Gasteiger partial charge in [-0.1, -0.05) is 60.7 Å². The second-order valence-electron chi connectivity index (χ2n) is 7.50. The number of β-lactam (4-membered cyclic amide) rings is 1. The lowest BCUT2D eigenvalue weighted by molar-refractivity contribution is -0.425. The summed E-state index contributed by atoms with van der Waals surface area (Å²) < 4.78 is 5.60. The number of hydrogen-bond donors (Lipinski definition) is 1. The van der Waals surface area contributed by atoms with Crippen LogP contribution in [-0.2, 0) is 14.3 Å². The average molecular weight is 383 g/mol. The van der Waals surface area contributed by atoms with Crippen LogP contribution in [0.2, 0.25) is 0 Å². The molecule has 3 atom stereocenters. The van der Waals surface area contributed by atoms with E-state index < -0.39 is 16.9 Å². The van der Waals surface area contributed by atoms with Crippen LogP contribution in [0.1, 0.15) is 31.1 Å². The number of ether oxygens (including phenoxy) is 1. The molecule has 6 heteroatoms. The topological polar surface area (TPSA) is 74.3 Å². The van der Waals surface area contributed by atoms with Crippen molar-refractivity contribution in [1.82, 2.24) is 4.90 Å². The zero-order chi connectivity index (χ0) is 19.2. The third kappa shape index (κ3) is 3.03. The number of carbonyl (C=O) groups excluding carboxylic acids is 2. The van der Waals surface area contributed by atoms with Gasteiger partial charge in [0.2, 0.25) is 0 Å². The van der Waals surface area contributed by atoms with Gasteiger partial charge in [0, 0.05) is 4.75 Å². The lowest BCUT2D eigenvalue weighted by Crippen LogP contribution is -2.83. The summed E-state index contributed by atoms with van der Waals surface area (Å²) in [5, 5.41) is -0.0445. The van der Waals surface area contributed by atoms with E-state index in [1.165, 1.54) is 0 Å². The predicted molar refractivity (Wildman–Crippen MR) is 104 cm³/mol. The highest BCUT2D eigenvalue weighted by Gasteiger charge is 2.65. The number of esters is 1. The molecule has 0 radical (unpaired) electrons. The van der Waals surface area contributed by atoms with Crippen LogP contribution in [0.15, 0.2) is 60.7 Å². The molecule has 140 valence electrons. The number of nitrogens with zero attached hydrogens (tertiary/aromatic N) is 1. The molecule has 3 N–H and O–H groups in total. The Hall–Kier alpha value is -2.31. The highest BCUT2D eigenvalue weighted by molar-refractivity contribution is 8.01. The first kappa shape index (κ1) is 18.1. The fourth-order valence-electron chi connectivity index (χ4n) is 3.84. The van der Waals surface area contributed by atoms with E-state index in [4.69, 9.17) is 4.74 Å². The quantitative estimate of drug-likeness (QED) is 0.647. The maximum absolute atomic E-state index is 13.2. The second-order valence-corrected chi connectivity index (χ2v) is 9.28. The van der Waals surface area contributed by atoms with E-state index in [1.807, 2.05) is 74.5 Å². The molecule has 4 rings (SSSR count). The number of fused-ring (bicyclic) bond motifs is 1. The number of thioether (sulfide) groups is 1. The summed E-state index contributed by atoms with van der Waals surface area (Å²) in [6, 6.07) is 18.5. The minimum atomic E-state index is -0.604. The number of benzene rings is 2. The smallest absolute Gasteiger partial charge is 0.331 e. The predicted octanol–water partition coefficient (Wildman–Crippen LogP) is 1.99. The van der Waals surface area contributed by atoms with E-state index in [2.05, 4.69) is 5.73 Å². The molecule has 2 aliphatic rings. The Kier molecular flexibility index (Phi) is 4.48. The maximum atomic E-state index is 13.2. The van der Waals surface area contributed by atoms with Gasteiger partial charge in [-0.3, -0.25) is 4.79 Å². The lowest BCUT2D eigenvalue weighted by atomic mass is 9.96. The molecule has 0 spiro atoms. The first-order valence-corrected chi connectivity index (χ1v) is 9.91. The van der Waals surface area contributed by atoms with Crippen LogP contribution in [0.25, 0.3) is 0 Å². The molecule has 2 heterocycles. The van der Waals surface area contributed by atoms with E-state index in [0.717, 1.165) is 11.1 Å². The standard InChI is InChI=1S/C21H22N2O3S/c1-21(2)17(23-18(24)15(22)19(23)27-21)20(25)26-16(13-9-5-3-6-10-13)14-11-7-4-8-12-14/h3-12,15-17,19H,22H2,1-2H3/p+1/t15-,17+,19-/m1/s1. The van der Waals surface area contributed by atoms with Crippen molar-refractivity contribution >= 4 is 23.6 Å². The summed E-state index contributed by atoms with van der Waals surface area (Å²) in [7, 11) is 0. The zero-order valence-corrected chi connectivity index (χ0v) is 16.2. The average Bonchev–Trinajstić information content (AvgIpc) is 2.95. The van der Waals surface area contributed by atoms with Crippen molar-refractivity contribution in [2.24, 2.45) is 0 Å². The van der Waals surface area contributed by atoms with Gasteiger partial charge in [-0.05, 0) is 25.0 Å². The van der Waals surface area contributed by atoms with Gasteiger partial charge in [-0.25, -0.2) is 4.79 Å². The normalized spacial score (nSPS) is 25.9. The minimum absolute atomic E-state index is 0.0445. The molecule has 0 bridgehead atoms. The first-order chi connectivity index (χ1) is 12.9. The van der Waals surface area contributed by atoms with Gasteiger partial charge in [0.15, 0.2) is 12.1 Å². The van der Waals surface area contributed by atoms with Crippen molar-refractivity contribution in [1.29, 1.82) is 0 Å². The van der Waals surface area contributed by atoms with Crippen molar-refractivity contribution in [2.75, 3.05) is 0 Å². The Morgan fingerprint density at radius 3 is 2.11 bits per heavy atom. The summed E-state index contributed by atoms with van der Waals surface area (Å²) in [5.74, 6) is -0.441. The Labute approximate surface area is 162 Å². The molecular formula is C21H23N2O3S+. The van der Waals surface area contributed by atoms with Crippen molar-refractivity contribution in [3.63, 3.8) is 0 Å². The van der Waals surface area contributed by atoms with Crippen molar-refractivity contribution < 1.29 is 20.1 Å². The second kappa shape index (κ2) is 6.69. The Bertz CT molecular complexity index is 817. The minimum Gasteiger partial charge on any atom is -0.451 e. The third-order valence-corrected chi connectivity index (χ3v) is 6.84. The van der Waals surface area contributed by atoms with Gasteiger partial charge in [-0.15, -0.1) is 11.8 Å². The molecule has 2 aromatic carbocycles. The van der Waals surface area contributed by atoms with Crippen LogP contribution in [-0.4, -0.2) is 39.0 Å². The van der Waals surface area contributed by atoms with Gasteiger partial charge in [-0.2, -0.15) is 0 Å². The fourth-order valence-corrected chi connectivity index (χ4v) is 5.42. The largest absolute Gasteiger partial charge is 0.451 e. The SMILES string of the molecule is CC1(C)S[C@@H]2[C@H]([NH3+])C(=O)N2[C@H]1C(=O)OC(c1ccccc1)c1ccccc1. The van der Waals surface area contributed by atoms with E-state index in [-0.39, 0.29) is 23.3 Å². The van der Waals surface area contributed by atoms with Crippen molar-refractivity contribution in [3.8, 4) is 0 Å². The van der Waals surface area contributed by atoms with E-state index in [0.29, 0.717) is 0 Å². The monoisotopic (exact) mass is 383 g/mol. The molecule has 5 nitrogen and oxygen atoms in total. The molecule has 2 saturated heterocycles. The number of carbonyl (C=O) groups is 2. The van der Waals surface area contributed by atoms with Gasteiger partial charge in [0.25, 0.3) is 5.91 Å². The summed E-state index contributed by atoms with van der Waals surface area (Å²) in [6.45, 7) is 3.98. The molecule has 0 unspecified atom stereocenters. The number of amides is 1. The van der Waals surface area contributed by atoms with Crippen LogP contribution >= 0.6 is 11.8 Å². The maximum Gasteiger partial charge on any atom is 0.331 e. The number of quaternary nitrogens is 1. The van der Waals surface area contributed by atoms with Crippen LogP contribution in [0, 0.1) is 0 Å². The Morgan fingerprint density at radius 1 is 1.07 bits per heavy atom. The zero-order valence-electron chi connectivity index (χ0n) is 15.4. The molecule has 0 aliphatic carbocycles. The summed E-state index contributed by atoms with van der Waals surface area (Å²) in [4.78, 5) is 27.2. The fraction of sp³-hybridized carbons (Fsp3) is 0.333.